The summed E-state index contributed by atoms with van der Waals surface area (Å²) in [5, 5.41) is 3.43. The molecular weight excluding hydrogens is 260 g/mol. The summed E-state index contributed by atoms with van der Waals surface area (Å²) >= 11 is 0. The van der Waals surface area contributed by atoms with Gasteiger partial charge in [-0.25, -0.2) is 0 Å². The van der Waals surface area contributed by atoms with Gasteiger partial charge in [0.2, 0.25) is 0 Å². The molecule has 0 atom stereocenters. The molecule has 3 nitrogen and oxygen atoms in total. The van der Waals surface area contributed by atoms with E-state index in [1.165, 1.54) is 5.56 Å². The summed E-state index contributed by atoms with van der Waals surface area (Å²) in [6.07, 6.45) is 0. The highest BCUT2D eigenvalue weighted by Gasteiger charge is 2.05. The molecule has 0 saturated heterocycles. The maximum absolute atomic E-state index is 5.55. The Kier molecular flexibility index (Phi) is 5.34. The van der Waals surface area contributed by atoms with Crippen molar-refractivity contribution in [2.45, 2.75) is 40.3 Å². The third-order valence-electron chi connectivity index (χ3n) is 3.34. The smallest absolute Gasteiger partial charge is 0.119 e. The van der Waals surface area contributed by atoms with Gasteiger partial charge in [0.1, 0.15) is 5.75 Å². The summed E-state index contributed by atoms with van der Waals surface area (Å²) in [7, 11) is 0. The van der Waals surface area contributed by atoms with Gasteiger partial charge in [-0.3, -0.25) is 4.98 Å². The van der Waals surface area contributed by atoms with Gasteiger partial charge in [0.15, 0.2) is 0 Å². The first-order valence-corrected chi connectivity index (χ1v) is 7.53. The number of aromatic nitrogens is 1. The van der Waals surface area contributed by atoms with Gasteiger partial charge in [-0.2, -0.15) is 0 Å². The lowest BCUT2D eigenvalue weighted by atomic mass is 10.1. The Balaban J connectivity index is 2.21. The SMILES string of the molecule is CCOc1cccc(-c2ccc(CNC(C)C)c(C)n2)c1. The van der Waals surface area contributed by atoms with E-state index in [9.17, 15) is 0 Å². The molecule has 1 N–H and O–H groups in total. The first-order chi connectivity index (χ1) is 10.1. The number of pyridine rings is 1. The van der Waals surface area contributed by atoms with Crippen LogP contribution in [0, 0.1) is 6.92 Å². The van der Waals surface area contributed by atoms with Crippen molar-refractivity contribution in [1.82, 2.24) is 10.3 Å². The van der Waals surface area contributed by atoms with Crippen molar-refractivity contribution in [3.63, 3.8) is 0 Å². The Hall–Kier alpha value is -1.87. The number of aryl methyl sites for hydroxylation is 1. The Labute approximate surface area is 127 Å². The molecule has 1 aromatic heterocycles. The van der Waals surface area contributed by atoms with Crippen LogP contribution in [0.1, 0.15) is 32.0 Å². The molecule has 0 aliphatic heterocycles. The number of benzene rings is 1. The first kappa shape index (κ1) is 15.5. The van der Waals surface area contributed by atoms with Gasteiger partial charge in [-0.1, -0.05) is 32.0 Å². The molecule has 0 fully saturated rings. The van der Waals surface area contributed by atoms with Crippen molar-refractivity contribution in [1.29, 1.82) is 0 Å². The highest BCUT2D eigenvalue weighted by molar-refractivity contribution is 5.61. The third kappa shape index (κ3) is 4.30. The summed E-state index contributed by atoms with van der Waals surface area (Å²) in [5.41, 5.74) is 4.39. The van der Waals surface area contributed by atoms with Gasteiger partial charge in [-0.05, 0) is 37.6 Å². The second-order valence-electron chi connectivity index (χ2n) is 5.44. The van der Waals surface area contributed by atoms with E-state index in [0.29, 0.717) is 12.6 Å². The van der Waals surface area contributed by atoms with Crippen molar-refractivity contribution in [3.8, 4) is 17.0 Å². The minimum Gasteiger partial charge on any atom is -0.494 e. The second kappa shape index (κ2) is 7.23. The third-order valence-corrected chi connectivity index (χ3v) is 3.34. The van der Waals surface area contributed by atoms with Gasteiger partial charge >= 0.3 is 0 Å². The summed E-state index contributed by atoms with van der Waals surface area (Å²) in [6, 6.07) is 12.8. The largest absolute Gasteiger partial charge is 0.494 e. The summed E-state index contributed by atoms with van der Waals surface area (Å²) < 4.78 is 5.55. The van der Waals surface area contributed by atoms with Crippen molar-refractivity contribution < 1.29 is 4.74 Å². The van der Waals surface area contributed by atoms with Crippen LogP contribution in [0.5, 0.6) is 5.75 Å². The van der Waals surface area contributed by atoms with E-state index in [4.69, 9.17) is 9.72 Å². The molecule has 2 rings (SSSR count). The zero-order valence-electron chi connectivity index (χ0n) is 13.3. The molecule has 1 heterocycles. The minimum absolute atomic E-state index is 0.479. The zero-order valence-corrected chi connectivity index (χ0v) is 13.3. The van der Waals surface area contributed by atoms with E-state index < -0.39 is 0 Å². The molecule has 1 aromatic carbocycles. The minimum atomic E-state index is 0.479. The van der Waals surface area contributed by atoms with E-state index in [1.807, 2.05) is 25.1 Å². The van der Waals surface area contributed by atoms with Crippen LogP contribution >= 0.6 is 0 Å². The van der Waals surface area contributed by atoms with E-state index in [0.717, 1.165) is 29.2 Å². The summed E-state index contributed by atoms with van der Waals surface area (Å²) in [6.45, 7) is 9.89. The van der Waals surface area contributed by atoms with Gasteiger partial charge in [0.25, 0.3) is 0 Å². The van der Waals surface area contributed by atoms with Gasteiger partial charge < -0.3 is 10.1 Å². The van der Waals surface area contributed by atoms with Gasteiger partial charge in [0, 0.05) is 23.8 Å². The average molecular weight is 284 g/mol. The number of hydrogen-bond acceptors (Lipinski definition) is 3. The highest BCUT2D eigenvalue weighted by Crippen LogP contribution is 2.23. The van der Waals surface area contributed by atoms with Crippen molar-refractivity contribution in [2.75, 3.05) is 6.61 Å². The molecule has 0 amide bonds. The quantitative estimate of drug-likeness (QED) is 0.872. The van der Waals surface area contributed by atoms with E-state index >= 15 is 0 Å². The number of nitrogens with one attached hydrogen (secondary N) is 1. The molecule has 0 bridgehead atoms. The average Bonchev–Trinajstić information content (AvgIpc) is 2.46. The van der Waals surface area contributed by atoms with E-state index in [2.05, 4.69) is 44.3 Å². The Morgan fingerprint density at radius 2 is 2.00 bits per heavy atom. The number of ether oxygens (including phenoxy) is 1. The van der Waals surface area contributed by atoms with E-state index in [1.54, 1.807) is 0 Å². The maximum atomic E-state index is 5.55. The van der Waals surface area contributed by atoms with Crippen molar-refractivity contribution >= 4 is 0 Å². The van der Waals surface area contributed by atoms with Crippen LogP contribution in [-0.4, -0.2) is 17.6 Å². The number of nitrogens with zero attached hydrogens (tertiary/aromatic N) is 1. The lowest BCUT2D eigenvalue weighted by Gasteiger charge is -2.12. The Bertz CT molecular complexity index is 594. The Morgan fingerprint density at radius 3 is 2.67 bits per heavy atom. The standard InChI is InChI=1S/C18H24N2O/c1-5-21-17-8-6-7-15(11-17)18-10-9-16(14(4)20-18)12-19-13(2)3/h6-11,13,19H,5,12H2,1-4H3. The molecule has 0 saturated carbocycles. The molecule has 3 heteroatoms. The Morgan fingerprint density at radius 1 is 1.19 bits per heavy atom. The molecule has 0 aliphatic carbocycles. The molecule has 0 radical (unpaired) electrons. The fourth-order valence-electron chi connectivity index (χ4n) is 2.16. The monoisotopic (exact) mass is 284 g/mol. The van der Waals surface area contributed by atoms with Crippen LogP contribution in [0.3, 0.4) is 0 Å². The molecule has 0 spiro atoms. The van der Waals surface area contributed by atoms with E-state index in [-0.39, 0.29) is 0 Å². The highest BCUT2D eigenvalue weighted by atomic mass is 16.5. The first-order valence-electron chi connectivity index (χ1n) is 7.53. The van der Waals surface area contributed by atoms with Gasteiger partial charge in [-0.15, -0.1) is 0 Å². The van der Waals surface area contributed by atoms with Gasteiger partial charge in [0.05, 0.1) is 12.3 Å². The fourth-order valence-corrected chi connectivity index (χ4v) is 2.16. The predicted molar refractivity (Wildman–Crippen MR) is 87.6 cm³/mol. The second-order valence-corrected chi connectivity index (χ2v) is 5.44. The van der Waals surface area contributed by atoms with Crippen LogP contribution in [0.2, 0.25) is 0 Å². The number of hydrogen-bond donors (Lipinski definition) is 1. The van der Waals surface area contributed by atoms with Crippen LogP contribution in [-0.2, 0) is 6.54 Å². The summed E-state index contributed by atoms with van der Waals surface area (Å²) in [5.74, 6) is 0.889. The van der Waals surface area contributed by atoms with Crippen LogP contribution < -0.4 is 10.1 Å². The predicted octanol–water partition coefficient (Wildman–Crippen LogP) is 3.95. The zero-order chi connectivity index (χ0) is 15.2. The van der Waals surface area contributed by atoms with Crippen LogP contribution in [0.25, 0.3) is 11.3 Å². The molecule has 0 unspecified atom stereocenters. The normalized spacial score (nSPS) is 10.9. The topological polar surface area (TPSA) is 34.1 Å². The molecule has 112 valence electrons. The van der Waals surface area contributed by atoms with Crippen LogP contribution in [0.4, 0.5) is 0 Å². The molecule has 0 aliphatic rings. The molecule has 2 aromatic rings. The number of rotatable bonds is 6. The molecule has 21 heavy (non-hydrogen) atoms. The molecular formula is C18H24N2O. The summed E-state index contributed by atoms with van der Waals surface area (Å²) in [4.78, 5) is 4.73. The lowest BCUT2D eigenvalue weighted by molar-refractivity contribution is 0.340. The van der Waals surface area contributed by atoms with Crippen molar-refractivity contribution in [3.05, 3.63) is 47.7 Å². The van der Waals surface area contributed by atoms with Crippen molar-refractivity contribution in [2.24, 2.45) is 0 Å². The lowest BCUT2D eigenvalue weighted by Crippen LogP contribution is -2.22. The van der Waals surface area contributed by atoms with Crippen LogP contribution in [0.15, 0.2) is 36.4 Å². The fraction of sp³-hybridized carbons (Fsp3) is 0.389. The maximum Gasteiger partial charge on any atom is 0.119 e.